The number of alkyl halides is 1. The van der Waals surface area contributed by atoms with Gasteiger partial charge in [-0.25, -0.2) is 0 Å². The molecule has 0 amide bonds. The second kappa shape index (κ2) is 6.54. The highest BCUT2D eigenvalue weighted by atomic mass is 19.1. The predicted octanol–water partition coefficient (Wildman–Crippen LogP) is 1.57. The smallest absolute Gasteiger partial charge is 0.0906 e. The second-order valence-corrected chi connectivity index (χ2v) is 2.86. The van der Waals surface area contributed by atoms with Crippen LogP contribution in [0.1, 0.15) is 12.1 Å². The Morgan fingerprint density at radius 1 is 1.31 bits per heavy atom. The Morgan fingerprint density at radius 3 is 2.92 bits per heavy atom. The monoisotopic (exact) mass is 182 g/mol. The maximum absolute atomic E-state index is 11.7. The summed E-state index contributed by atoms with van der Waals surface area (Å²) in [7, 11) is 0. The molecule has 0 saturated carbocycles. The number of nitrogens with zero attached hydrogens (tertiary/aromatic N) is 1. The van der Waals surface area contributed by atoms with E-state index in [-0.39, 0.29) is 6.67 Å². The van der Waals surface area contributed by atoms with Gasteiger partial charge in [-0.3, -0.25) is 9.37 Å². The van der Waals surface area contributed by atoms with Gasteiger partial charge in [-0.2, -0.15) is 0 Å². The highest BCUT2D eigenvalue weighted by Crippen LogP contribution is 1.92. The average Bonchev–Trinajstić information content (AvgIpc) is 2.19. The molecule has 0 unspecified atom stereocenters. The van der Waals surface area contributed by atoms with Crippen LogP contribution in [-0.2, 0) is 6.42 Å². The third-order valence-corrected chi connectivity index (χ3v) is 1.77. The summed E-state index contributed by atoms with van der Waals surface area (Å²) >= 11 is 0. The van der Waals surface area contributed by atoms with E-state index in [2.05, 4.69) is 10.3 Å². The number of pyridine rings is 1. The van der Waals surface area contributed by atoms with E-state index < -0.39 is 0 Å². The molecule has 13 heavy (non-hydrogen) atoms. The molecule has 0 spiro atoms. The van der Waals surface area contributed by atoms with Crippen LogP contribution in [0, 0.1) is 0 Å². The first-order chi connectivity index (χ1) is 6.43. The Morgan fingerprint density at radius 2 is 2.23 bits per heavy atom. The largest absolute Gasteiger partial charge is 0.316 e. The molecule has 0 radical (unpaired) electrons. The Balaban J connectivity index is 2.07. The molecule has 1 rings (SSSR count). The lowest BCUT2D eigenvalue weighted by molar-refractivity contribution is 0.460. The molecule has 2 nitrogen and oxygen atoms in total. The van der Waals surface area contributed by atoms with Crippen LogP contribution in [0.5, 0.6) is 0 Å². The lowest BCUT2D eigenvalue weighted by Gasteiger charge is -2.01. The van der Waals surface area contributed by atoms with Crippen molar-refractivity contribution in [2.75, 3.05) is 19.8 Å². The van der Waals surface area contributed by atoms with Crippen molar-refractivity contribution < 1.29 is 4.39 Å². The van der Waals surface area contributed by atoms with Crippen LogP contribution < -0.4 is 5.32 Å². The van der Waals surface area contributed by atoms with Gasteiger partial charge in [0.1, 0.15) is 0 Å². The van der Waals surface area contributed by atoms with Crippen molar-refractivity contribution in [2.45, 2.75) is 12.8 Å². The van der Waals surface area contributed by atoms with Crippen LogP contribution in [-0.4, -0.2) is 24.7 Å². The number of hydrogen-bond acceptors (Lipinski definition) is 2. The molecule has 1 heterocycles. The van der Waals surface area contributed by atoms with Gasteiger partial charge < -0.3 is 5.32 Å². The highest BCUT2D eigenvalue weighted by molar-refractivity contribution is 5.03. The average molecular weight is 182 g/mol. The van der Waals surface area contributed by atoms with Crippen LogP contribution >= 0.6 is 0 Å². The maximum Gasteiger partial charge on any atom is 0.0906 e. The molecule has 0 atom stereocenters. The Bertz CT molecular complexity index is 213. The molecule has 72 valence electrons. The summed E-state index contributed by atoms with van der Waals surface area (Å²) < 4.78 is 11.7. The third kappa shape index (κ3) is 4.58. The van der Waals surface area contributed by atoms with Crippen molar-refractivity contribution in [3.63, 3.8) is 0 Å². The topological polar surface area (TPSA) is 24.9 Å². The fourth-order valence-electron chi connectivity index (χ4n) is 1.08. The quantitative estimate of drug-likeness (QED) is 0.675. The minimum Gasteiger partial charge on any atom is -0.316 e. The van der Waals surface area contributed by atoms with Gasteiger partial charge in [0.2, 0.25) is 0 Å². The van der Waals surface area contributed by atoms with E-state index in [1.54, 1.807) is 6.20 Å². The molecule has 0 aliphatic rings. The lowest BCUT2D eigenvalue weighted by Crippen LogP contribution is -2.19. The van der Waals surface area contributed by atoms with Crippen molar-refractivity contribution in [3.05, 3.63) is 30.1 Å². The summed E-state index contributed by atoms with van der Waals surface area (Å²) in [5.41, 5.74) is 1.08. The molecule has 0 aliphatic carbocycles. The summed E-state index contributed by atoms with van der Waals surface area (Å²) in [5, 5.41) is 3.15. The fraction of sp³-hybridized carbons (Fsp3) is 0.500. The third-order valence-electron chi connectivity index (χ3n) is 1.77. The Hall–Kier alpha value is -0.960. The molecular weight excluding hydrogens is 167 g/mol. The normalized spacial score (nSPS) is 10.2. The van der Waals surface area contributed by atoms with Crippen LogP contribution in [0.3, 0.4) is 0 Å². The van der Waals surface area contributed by atoms with E-state index in [0.29, 0.717) is 6.42 Å². The first-order valence-corrected chi connectivity index (χ1v) is 4.60. The molecule has 0 aliphatic heterocycles. The molecule has 0 bridgehead atoms. The van der Waals surface area contributed by atoms with Gasteiger partial charge in [-0.1, -0.05) is 6.07 Å². The van der Waals surface area contributed by atoms with Crippen molar-refractivity contribution >= 4 is 0 Å². The van der Waals surface area contributed by atoms with E-state index in [4.69, 9.17) is 0 Å². The number of nitrogens with one attached hydrogen (secondary N) is 1. The molecule has 1 N–H and O–H groups in total. The van der Waals surface area contributed by atoms with Gasteiger partial charge >= 0.3 is 0 Å². The predicted molar refractivity (Wildman–Crippen MR) is 51.4 cm³/mol. The van der Waals surface area contributed by atoms with E-state index in [9.17, 15) is 4.39 Å². The first-order valence-electron chi connectivity index (χ1n) is 4.60. The van der Waals surface area contributed by atoms with Gasteiger partial charge in [-0.15, -0.1) is 0 Å². The van der Waals surface area contributed by atoms with Crippen LogP contribution in [0.25, 0.3) is 0 Å². The molecular formula is C10H15FN2. The van der Waals surface area contributed by atoms with Crippen molar-refractivity contribution in [1.29, 1.82) is 0 Å². The fourth-order valence-corrected chi connectivity index (χ4v) is 1.08. The number of aromatic nitrogens is 1. The molecule has 0 fully saturated rings. The Kier molecular flexibility index (Phi) is 5.10. The minimum absolute atomic E-state index is 0.239. The number of halogens is 1. The minimum atomic E-state index is -0.239. The van der Waals surface area contributed by atoms with E-state index >= 15 is 0 Å². The van der Waals surface area contributed by atoms with Crippen LogP contribution in [0.2, 0.25) is 0 Å². The zero-order chi connectivity index (χ0) is 9.36. The van der Waals surface area contributed by atoms with Gasteiger partial charge in [0.05, 0.1) is 6.67 Å². The molecule has 1 aromatic heterocycles. The number of hydrogen-bond donors (Lipinski definition) is 1. The summed E-state index contributed by atoms with van der Waals surface area (Å²) in [6.07, 6.45) is 3.30. The zero-order valence-electron chi connectivity index (χ0n) is 7.67. The highest BCUT2D eigenvalue weighted by Gasteiger charge is 1.91. The second-order valence-electron chi connectivity index (χ2n) is 2.86. The zero-order valence-corrected chi connectivity index (χ0v) is 7.67. The first kappa shape index (κ1) is 10.1. The molecule has 0 aromatic carbocycles. The van der Waals surface area contributed by atoms with E-state index in [1.165, 1.54) is 0 Å². The maximum atomic E-state index is 11.7. The molecule has 3 heteroatoms. The van der Waals surface area contributed by atoms with Crippen LogP contribution in [0.4, 0.5) is 4.39 Å². The lowest BCUT2D eigenvalue weighted by atomic mass is 10.3. The number of rotatable bonds is 6. The summed E-state index contributed by atoms with van der Waals surface area (Å²) in [6, 6.07) is 5.88. The van der Waals surface area contributed by atoms with E-state index in [0.717, 1.165) is 25.2 Å². The van der Waals surface area contributed by atoms with Crippen molar-refractivity contribution in [3.8, 4) is 0 Å². The van der Waals surface area contributed by atoms with Crippen molar-refractivity contribution in [1.82, 2.24) is 10.3 Å². The van der Waals surface area contributed by atoms with Gasteiger partial charge in [0.15, 0.2) is 0 Å². The molecule has 1 aromatic rings. The standard InChI is InChI=1S/C10H15FN2/c11-6-3-7-12-9-5-10-4-1-2-8-13-10/h1-2,4,8,12H,3,5-7,9H2. The van der Waals surface area contributed by atoms with Crippen molar-refractivity contribution in [2.24, 2.45) is 0 Å². The summed E-state index contributed by atoms with van der Waals surface area (Å²) in [6.45, 7) is 1.39. The Labute approximate surface area is 78.2 Å². The SMILES string of the molecule is FCCCNCCc1ccccn1. The van der Waals surface area contributed by atoms with Gasteiger partial charge in [-0.05, 0) is 25.1 Å². The van der Waals surface area contributed by atoms with E-state index in [1.807, 2.05) is 18.2 Å². The molecule has 0 saturated heterocycles. The summed E-state index contributed by atoms with van der Waals surface area (Å²) in [4.78, 5) is 4.18. The van der Waals surface area contributed by atoms with Crippen LogP contribution in [0.15, 0.2) is 24.4 Å². The summed E-state index contributed by atoms with van der Waals surface area (Å²) in [5.74, 6) is 0. The van der Waals surface area contributed by atoms with Gasteiger partial charge in [0.25, 0.3) is 0 Å². The van der Waals surface area contributed by atoms with Gasteiger partial charge in [0, 0.05) is 24.9 Å².